The maximum absolute atomic E-state index is 12.9. The first kappa shape index (κ1) is 73.3. The Hall–Kier alpha value is -3.67. The second-order valence-electron chi connectivity index (χ2n) is 21.7. The number of carbonyl (C=O) groups excluding carboxylic acids is 3. The minimum absolute atomic E-state index is 0.109. The summed E-state index contributed by atoms with van der Waals surface area (Å²) in [5, 5.41) is 0. The Morgan fingerprint density at radius 2 is 0.558 bits per heavy atom. The van der Waals surface area contributed by atoms with E-state index in [1.165, 1.54) is 199 Å². The Kier molecular flexibility index (Phi) is 61.8. The van der Waals surface area contributed by atoms with E-state index in [9.17, 15) is 14.4 Å². The highest BCUT2D eigenvalue weighted by Gasteiger charge is 2.19. The monoisotopic (exact) mass is 1070 g/mol. The van der Waals surface area contributed by atoms with Crippen molar-refractivity contribution in [3.05, 3.63) is 97.2 Å². The number of hydrogen-bond donors (Lipinski definition) is 0. The molecule has 0 radical (unpaired) electrons. The van der Waals surface area contributed by atoms with Crippen LogP contribution in [0.25, 0.3) is 0 Å². The highest BCUT2D eigenvalue weighted by atomic mass is 16.6. The first-order chi connectivity index (χ1) is 38.0. The second-order valence-corrected chi connectivity index (χ2v) is 21.7. The van der Waals surface area contributed by atoms with Crippen LogP contribution in [0.2, 0.25) is 0 Å². The predicted octanol–water partition coefficient (Wildman–Crippen LogP) is 22.4. The molecule has 0 saturated heterocycles. The van der Waals surface area contributed by atoms with Gasteiger partial charge in [0.1, 0.15) is 13.2 Å². The van der Waals surface area contributed by atoms with Crippen LogP contribution >= 0.6 is 0 Å². The number of hydrogen-bond acceptors (Lipinski definition) is 6. The predicted molar refractivity (Wildman–Crippen MR) is 334 cm³/mol. The van der Waals surface area contributed by atoms with E-state index in [1.54, 1.807) is 6.08 Å². The van der Waals surface area contributed by atoms with Crippen molar-refractivity contribution in [2.45, 2.75) is 322 Å². The van der Waals surface area contributed by atoms with Gasteiger partial charge in [0.15, 0.2) is 6.10 Å². The molecule has 0 saturated carbocycles. The molecule has 0 aromatic rings. The van der Waals surface area contributed by atoms with Crippen molar-refractivity contribution in [1.82, 2.24) is 0 Å². The van der Waals surface area contributed by atoms with E-state index in [4.69, 9.17) is 14.2 Å². The Morgan fingerprint density at radius 1 is 0.286 bits per heavy atom. The number of rotatable bonds is 59. The van der Waals surface area contributed by atoms with Crippen LogP contribution in [0.15, 0.2) is 97.2 Å². The lowest BCUT2D eigenvalue weighted by Crippen LogP contribution is -2.30. The lowest BCUT2D eigenvalue weighted by atomic mass is 10.0. The smallest absolute Gasteiger partial charge is 0.309 e. The lowest BCUT2D eigenvalue weighted by molar-refractivity contribution is -0.166. The first-order valence-corrected chi connectivity index (χ1v) is 32.7. The molecular weight excluding hydrogens is 949 g/mol. The molecule has 0 spiro atoms. The third-order valence-electron chi connectivity index (χ3n) is 14.1. The van der Waals surface area contributed by atoms with Gasteiger partial charge in [-0.15, -0.1) is 0 Å². The lowest BCUT2D eigenvalue weighted by Gasteiger charge is -2.18. The van der Waals surface area contributed by atoms with E-state index in [-0.39, 0.29) is 31.6 Å². The average molecular weight is 1070 g/mol. The van der Waals surface area contributed by atoms with Gasteiger partial charge >= 0.3 is 17.9 Å². The standard InChI is InChI=1S/C71H122O6/c1-4-7-10-13-16-19-22-25-28-30-32-34-35-37-38-40-43-46-49-52-55-58-61-64-70(73)76-67-68(66-75-69(72)63-60-57-54-51-48-45-42-27-24-21-18-15-12-9-6-3)77-71(74)65-62-59-56-53-50-47-44-41-39-36-33-31-29-26-23-20-17-14-11-8-5-2/h9,12,18,21,23,26-27,30-33,42,48,51,57,60,68H,4-8,10-11,13-17,19-20,22,24-25,28-29,34-41,43-47,49-50,52-56,58-59,61-67H2,1-3H3/b12-9-,21-18-,26-23-,32-30-,33-31-,42-27-,51-48-,60-57-. The van der Waals surface area contributed by atoms with Gasteiger partial charge in [0.2, 0.25) is 0 Å². The van der Waals surface area contributed by atoms with Crippen LogP contribution in [-0.4, -0.2) is 37.2 Å². The van der Waals surface area contributed by atoms with Gasteiger partial charge in [0.25, 0.3) is 0 Å². The van der Waals surface area contributed by atoms with Crippen molar-refractivity contribution in [3.63, 3.8) is 0 Å². The van der Waals surface area contributed by atoms with Gasteiger partial charge < -0.3 is 14.2 Å². The van der Waals surface area contributed by atoms with E-state index < -0.39 is 12.1 Å². The Bertz CT molecular complexity index is 1510. The van der Waals surface area contributed by atoms with E-state index in [2.05, 4.69) is 106 Å². The number of ether oxygens (including phenoxy) is 3. The van der Waals surface area contributed by atoms with E-state index in [0.717, 1.165) is 77.0 Å². The zero-order valence-corrected chi connectivity index (χ0v) is 50.7. The molecule has 0 rings (SSSR count). The summed E-state index contributed by atoms with van der Waals surface area (Å²) >= 11 is 0. The molecule has 442 valence electrons. The van der Waals surface area contributed by atoms with Crippen LogP contribution in [0.3, 0.4) is 0 Å². The highest BCUT2D eigenvalue weighted by molar-refractivity contribution is 5.72. The van der Waals surface area contributed by atoms with Crippen LogP contribution in [0.4, 0.5) is 0 Å². The summed E-state index contributed by atoms with van der Waals surface area (Å²) < 4.78 is 16.8. The number of carbonyl (C=O) groups is 3. The van der Waals surface area contributed by atoms with Crippen LogP contribution in [0, 0.1) is 0 Å². The Labute approximate surface area is 477 Å². The normalized spacial score (nSPS) is 12.7. The largest absolute Gasteiger partial charge is 0.462 e. The topological polar surface area (TPSA) is 78.9 Å². The molecule has 6 nitrogen and oxygen atoms in total. The summed E-state index contributed by atoms with van der Waals surface area (Å²) in [6, 6.07) is 0. The van der Waals surface area contributed by atoms with Crippen molar-refractivity contribution < 1.29 is 28.6 Å². The Morgan fingerprint density at radius 3 is 0.922 bits per heavy atom. The van der Waals surface area contributed by atoms with Gasteiger partial charge in [-0.25, -0.2) is 0 Å². The summed E-state index contributed by atoms with van der Waals surface area (Å²) in [5.74, 6) is -1.04. The van der Waals surface area contributed by atoms with E-state index >= 15 is 0 Å². The van der Waals surface area contributed by atoms with Crippen LogP contribution < -0.4 is 0 Å². The van der Waals surface area contributed by atoms with E-state index in [0.29, 0.717) is 12.8 Å². The summed E-state index contributed by atoms with van der Waals surface area (Å²) in [4.78, 5) is 38.3. The molecule has 1 unspecified atom stereocenters. The highest BCUT2D eigenvalue weighted by Crippen LogP contribution is 2.16. The molecule has 0 fully saturated rings. The molecule has 0 aliphatic carbocycles. The van der Waals surface area contributed by atoms with Gasteiger partial charge in [-0.2, -0.15) is 0 Å². The maximum atomic E-state index is 12.9. The molecule has 0 aromatic heterocycles. The molecule has 0 aromatic carbocycles. The van der Waals surface area contributed by atoms with Gasteiger partial charge in [-0.1, -0.05) is 291 Å². The second kappa shape index (κ2) is 64.9. The molecule has 0 aliphatic rings. The third-order valence-corrected chi connectivity index (χ3v) is 14.1. The molecule has 0 aliphatic heterocycles. The van der Waals surface area contributed by atoms with Gasteiger partial charge in [0, 0.05) is 12.8 Å². The zero-order valence-electron chi connectivity index (χ0n) is 50.7. The first-order valence-electron chi connectivity index (χ1n) is 32.7. The minimum atomic E-state index is -0.822. The molecule has 0 amide bonds. The molecule has 0 bridgehead atoms. The fourth-order valence-corrected chi connectivity index (χ4v) is 9.19. The van der Waals surface area contributed by atoms with Crippen molar-refractivity contribution in [3.8, 4) is 0 Å². The number of esters is 3. The van der Waals surface area contributed by atoms with Gasteiger partial charge in [-0.3, -0.25) is 14.4 Å². The SMILES string of the molecule is CC/C=C\C/C=C\C/C=C\C/C=C\C/C=C\CC(=O)OCC(COC(=O)CCCCCCCCCCCCC/C=C\CCCCCCCCCC)OC(=O)CCCCCCCCCCC/C=C\C/C=C\CCCCCCC. The maximum Gasteiger partial charge on any atom is 0.309 e. The van der Waals surface area contributed by atoms with Crippen LogP contribution in [0.5, 0.6) is 0 Å². The zero-order chi connectivity index (χ0) is 55.7. The summed E-state index contributed by atoms with van der Waals surface area (Å²) in [7, 11) is 0. The van der Waals surface area contributed by atoms with E-state index in [1.807, 2.05) is 6.08 Å². The van der Waals surface area contributed by atoms with Crippen LogP contribution in [-0.2, 0) is 28.6 Å². The van der Waals surface area contributed by atoms with Gasteiger partial charge in [0.05, 0.1) is 6.42 Å². The van der Waals surface area contributed by atoms with Crippen LogP contribution in [0.1, 0.15) is 316 Å². The molecule has 0 heterocycles. The molecule has 1 atom stereocenters. The molecule has 0 N–H and O–H groups in total. The summed E-state index contributed by atoms with van der Waals surface area (Å²) in [6.07, 6.45) is 87.3. The Balaban J connectivity index is 4.41. The van der Waals surface area contributed by atoms with Gasteiger partial charge in [-0.05, 0) is 103 Å². The fraction of sp³-hybridized carbons (Fsp3) is 0.732. The quantitative estimate of drug-likeness (QED) is 0.0261. The fourth-order valence-electron chi connectivity index (χ4n) is 9.19. The van der Waals surface area contributed by atoms with Crippen molar-refractivity contribution in [1.29, 1.82) is 0 Å². The van der Waals surface area contributed by atoms with Crippen molar-refractivity contribution >= 4 is 17.9 Å². The third kappa shape index (κ3) is 63.0. The molecular formula is C71H122O6. The summed E-state index contributed by atoms with van der Waals surface area (Å²) in [6.45, 7) is 6.46. The molecule has 77 heavy (non-hydrogen) atoms. The summed E-state index contributed by atoms with van der Waals surface area (Å²) in [5.41, 5.74) is 0. The van der Waals surface area contributed by atoms with Crippen molar-refractivity contribution in [2.75, 3.05) is 13.2 Å². The average Bonchev–Trinajstić information content (AvgIpc) is 3.43. The van der Waals surface area contributed by atoms with Crippen molar-refractivity contribution in [2.24, 2.45) is 0 Å². The number of allylic oxidation sites excluding steroid dienone is 15. The number of unbranched alkanes of at least 4 members (excludes halogenated alkanes) is 33. The molecule has 6 heteroatoms. The minimum Gasteiger partial charge on any atom is -0.462 e.